The van der Waals surface area contributed by atoms with Gasteiger partial charge in [0.25, 0.3) is 0 Å². The predicted molar refractivity (Wildman–Crippen MR) is 65.3 cm³/mol. The van der Waals surface area contributed by atoms with E-state index >= 15 is 0 Å². The summed E-state index contributed by atoms with van der Waals surface area (Å²) in [5, 5.41) is 8.69. The van der Waals surface area contributed by atoms with E-state index in [1.54, 1.807) is 13.2 Å². The normalized spacial score (nSPS) is 22.6. The Morgan fingerprint density at radius 1 is 1.47 bits per heavy atom. The molecule has 1 N–H and O–H groups in total. The van der Waals surface area contributed by atoms with Gasteiger partial charge < -0.3 is 4.74 Å². The zero-order valence-corrected chi connectivity index (χ0v) is 11.1. The molecular weight excluding hydrogens is 271 g/mol. The van der Waals surface area contributed by atoms with Crippen LogP contribution in [-0.2, 0) is 14.8 Å². The van der Waals surface area contributed by atoms with Gasteiger partial charge in [-0.05, 0) is 31.0 Å². The molecule has 1 aromatic rings. The van der Waals surface area contributed by atoms with Crippen LogP contribution in [-0.4, -0.2) is 27.7 Å². The molecule has 7 heteroatoms. The minimum Gasteiger partial charge on any atom is -0.381 e. The molecule has 0 atom stereocenters. The van der Waals surface area contributed by atoms with Gasteiger partial charge in [0.2, 0.25) is 10.0 Å². The third-order valence-electron chi connectivity index (χ3n) is 3.12. The fourth-order valence-electron chi connectivity index (χ4n) is 1.90. The van der Waals surface area contributed by atoms with Crippen LogP contribution in [0, 0.1) is 17.1 Å². The number of methoxy groups -OCH3 is 1. The third kappa shape index (κ3) is 2.92. The molecule has 2 rings (SSSR count). The van der Waals surface area contributed by atoms with Crippen LogP contribution in [0.4, 0.5) is 4.39 Å². The summed E-state index contributed by atoms with van der Waals surface area (Å²) in [5.74, 6) is -0.732. The molecule has 0 aliphatic heterocycles. The molecule has 1 aliphatic carbocycles. The van der Waals surface area contributed by atoms with Gasteiger partial charge in [-0.1, -0.05) is 0 Å². The molecule has 0 amide bonds. The molecule has 1 fully saturated rings. The summed E-state index contributed by atoms with van der Waals surface area (Å²) in [6, 6.07) is 4.60. The fourth-order valence-corrected chi connectivity index (χ4v) is 3.19. The average Bonchev–Trinajstić information content (AvgIpc) is 2.33. The lowest BCUT2D eigenvalue weighted by atomic mass is 9.90. The maximum absolute atomic E-state index is 13.1. The molecule has 0 spiro atoms. The summed E-state index contributed by atoms with van der Waals surface area (Å²) in [6.45, 7) is 0. The van der Waals surface area contributed by atoms with Crippen molar-refractivity contribution in [1.82, 2.24) is 4.72 Å². The molecule has 5 nitrogen and oxygen atoms in total. The highest BCUT2D eigenvalue weighted by atomic mass is 32.2. The largest absolute Gasteiger partial charge is 0.381 e. The molecule has 0 radical (unpaired) electrons. The summed E-state index contributed by atoms with van der Waals surface area (Å²) in [5.41, 5.74) is -0.286. The second-order valence-corrected chi connectivity index (χ2v) is 6.11. The highest BCUT2D eigenvalue weighted by Gasteiger charge is 2.32. The van der Waals surface area contributed by atoms with E-state index in [1.165, 1.54) is 0 Å². The minimum atomic E-state index is -3.72. The van der Waals surface area contributed by atoms with E-state index in [4.69, 9.17) is 10.00 Å². The van der Waals surface area contributed by atoms with Crippen LogP contribution in [0.15, 0.2) is 23.1 Å². The highest BCUT2D eigenvalue weighted by Crippen LogP contribution is 2.24. The zero-order chi connectivity index (χ0) is 14.0. The van der Waals surface area contributed by atoms with Gasteiger partial charge in [0.1, 0.15) is 11.9 Å². The lowest BCUT2D eigenvalue weighted by Gasteiger charge is -2.34. The van der Waals surface area contributed by atoms with Crippen LogP contribution in [0.1, 0.15) is 18.4 Å². The Morgan fingerprint density at radius 3 is 2.74 bits per heavy atom. The number of nitrogens with zero attached hydrogens (tertiary/aromatic N) is 1. The van der Waals surface area contributed by atoms with Gasteiger partial charge in [0.05, 0.1) is 16.6 Å². The molecule has 0 aromatic heterocycles. The number of nitrogens with one attached hydrogen (secondary N) is 1. The topological polar surface area (TPSA) is 79.2 Å². The zero-order valence-electron chi connectivity index (χ0n) is 10.3. The summed E-state index contributed by atoms with van der Waals surface area (Å²) < 4.78 is 44.8. The quantitative estimate of drug-likeness (QED) is 0.899. The summed E-state index contributed by atoms with van der Waals surface area (Å²) in [6.07, 6.45) is 1.31. The van der Waals surface area contributed by atoms with E-state index in [1.807, 2.05) is 0 Å². The first-order valence-electron chi connectivity index (χ1n) is 5.71. The Balaban J connectivity index is 2.14. The lowest BCUT2D eigenvalue weighted by Crippen LogP contribution is -2.47. The predicted octanol–water partition coefficient (Wildman–Crippen LogP) is 1.15. The summed E-state index contributed by atoms with van der Waals surface area (Å²) in [7, 11) is -2.15. The van der Waals surface area contributed by atoms with Crippen molar-refractivity contribution in [3.63, 3.8) is 0 Å². The third-order valence-corrected chi connectivity index (χ3v) is 4.64. The van der Waals surface area contributed by atoms with E-state index in [-0.39, 0.29) is 22.6 Å². The molecule has 0 heterocycles. The van der Waals surface area contributed by atoms with Gasteiger partial charge >= 0.3 is 0 Å². The monoisotopic (exact) mass is 284 g/mol. The molecule has 0 saturated heterocycles. The maximum Gasteiger partial charge on any atom is 0.240 e. The SMILES string of the molecule is COC1CC(NS(=O)(=O)c2ccc(F)c(C#N)c2)C1. The van der Waals surface area contributed by atoms with Crippen molar-refractivity contribution in [2.75, 3.05) is 7.11 Å². The maximum atomic E-state index is 13.1. The van der Waals surface area contributed by atoms with E-state index < -0.39 is 15.8 Å². The minimum absolute atomic E-state index is 0.0792. The van der Waals surface area contributed by atoms with Gasteiger partial charge in [-0.25, -0.2) is 17.5 Å². The Kier molecular flexibility index (Phi) is 3.85. The number of benzene rings is 1. The highest BCUT2D eigenvalue weighted by molar-refractivity contribution is 7.89. The second kappa shape index (κ2) is 5.25. The average molecular weight is 284 g/mol. The van der Waals surface area contributed by atoms with E-state index in [2.05, 4.69) is 4.72 Å². The Hall–Kier alpha value is -1.49. The second-order valence-electron chi connectivity index (χ2n) is 4.40. The smallest absolute Gasteiger partial charge is 0.240 e. The van der Waals surface area contributed by atoms with Crippen LogP contribution < -0.4 is 4.72 Å². The molecule has 102 valence electrons. The first-order valence-corrected chi connectivity index (χ1v) is 7.19. The van der Waals surface area contributed by atoms with Gasteiger partial charge in [-0.3, -0.25) is 0 Å². The van der Waals surface area contributed by atoms with E-state index in [0.717, 1.165) is 18.2 Å². The van der Waals surface area contributed by atoms with Gasteiger partial charge in [-0.2, -0.15) is 5.26 Å². The number of hydrogen-bond acceptors (Lipinski definition) is 4. The number of halogens is 1. The Morgan fingerprint density at radius 2 is 2.16 bits per heavy atom. The van der Waals surface area contributed by atoms with Gasteiger partial charge in [0.15, 0.2) is 0 Å². The molecule has 0 bridgehead atoms. The van der Waals surface area contributed by atoms with Crippen LogP contribution in [0.25, 0.3) is 0 Å². The lowest BCUT2D eigenvalue weighted by molar-refractivity contribution is 0.0236. The fraction of sp³-hybridized carbons (Fsp3) is 0.417. The van der Waals surface area contributed by atoms with Crippen molar-refractivity contribution >= 4 is 10.0 Å². The summed E-state index contributed by atoms with van der Waals surface area (Å²) in [4.78, 5) is -0.105. The molecule has 0 unspecified atom stereocenters. The molecule has 1 aliphatic rings. The number of hydrogen-bond donors (Lipinski definition) is 1. The van der Waals surface area contributed by atoms with Crippen molar-refractivity contribution in [2.24, 2.45) is 0 Å². The number of sulfonamides is 1. The standard InChI is InChI=1S/C12H13FN2O3S/c1-18-10-5-9(6-10)15-19(16,17)11-2-3-12(13)8(4-11)7-14/h2-4,9-10,15H,5-6H2,1H3. The Labute approximate surface area is 111 Å². The molecular formula is C12H13FN2O3S. The van der Waals surface area contributed by atoms with Gasteiger partial charge in [0, 0.05) is 13.2 Å². The van der Waals surface area contributed by atoms with Crippen LogP contribution >= 0.6 is 0 Å². The van der Waals surface area contributed by atoms with Crippen molar-refractivity contribution in [3.8, 4) is 6.07 Å². The first-order chi connectivity index (χ1) is 8.96. The van der Waals surface area contributed by atoms with Crippen LogP contribution in [0.5, 0.6) is 0 Å². The van der Waals surface area contributed by atoms with E-state index in [9.17, 15) is 12.8 Å². The van der Waals surface area contributed by atoms with Gasteiger partial charge in [-0.15, -0.1) is 0 Å². The number of nitriles is 1. The molecule has 1 aromatic carbocycles. The van der Waals surface area contributed by atoms with Crippen molar-refractivity contribution < 1.29 is 17.5 Å². The van der Waals surface area contributed by atoms with Crippen molar-refractivity contribution in [1.29, 1.82) is 5.26 Å². The van der Waals surface area contributed by atoms with Crippen molar-refractivity contribution in [3.05, 3.63) is 29.6 Å². The number of ether oxygens (including phenoxy) is 1. The molecule has 1 saturated carbocycles. The first kappa shape index (κ1) is 13.9. The van der Waals surface area contributed by atoms with E-state index in [0.29, 0.717) is 12.8 Å². The summed E-state index contributed by atoms with van der Waals surface area (Å²) >= 11 is 0. The molecule has 19 heavy (non-hydrogen) atoms. The number of rotatable bonds is 4. The van der Waals surface area contributed by atoms with Crippen molar-refractivity contribution in [2.45, 2.75) is 29.9 Å². The van der Waals surface area contributed by atoms with Crippen LogP contribution in [0.2, 0.25) is 0 Å². The Bertz CT molecular complexity index is 618. The van der Waals surface area contributed by atoms with Crippen LogP contribution in [0.3, 0.4) is 0 Å².